The molecule has 2 unspecified atom stereocenters. The third-order valence-electron chi connectivity index (χ3n) is 7.97. The van der Waals surface area contributed by atoms with E-state index in [9.17, 15) is 18.9 Å². The molecule has 0 saturated heterocycles. The van der Waals surface area contributed by atoms with Gasteiger partial charge in [-0.2, -0.15) is 0 Å². The van der Waals surface area contributed by atoms with Gasteiger partial charge < -0.3 is 33.0 Å². The summed E-state index contributed by atoms with van der Waals surface area (Å²) in [7, 11) is -8.13. The Labute approximate surface area is 283 Å². The van der Waals surface area contributed by atoms with Gasteiger partial charge in [0.05, 0.1) is 26.4 Å². The van der Waals surface area contributed by atoms with E-state index in [1.807, 2.05) is 26.0 Å². The highest BCUT2D eigenvalue weighted by Gasteiger charge is 2.29. The number of unbranched alkanes of at least 4 members (excludes halogenated alkanes) is 10. The van der Waals surface area contributed by atoms with Crippen LogP contribution in [0.15, 0.2) is 36.4 Å². The molecule has 11 heteroatoms. The third kappa shape index (κ3) is 16.0. The van der Waals surface area contributed by atoms with Crippen LogP contribution in [0.25, 0.3) is 0 Å². The molecule has 0 radical (unpaired) electrons. The van der Waals surface area contributed by atoms with Crippen LogP contribution in [0.3, 0.4) is 0 Å². The van der Waals surface area contributed by atoms with E-state index in [1.54, 1.807) is 24.3 Å². The lowest BCUT2D eigenvalue weighted by molar-refractivity contribution is 0.0768. The number of ether oxygens (including phenoxy) is 3. The van der Waals surface area contributed by atoms with Crippen molar-refractivity contribution >= 4 is 25.8 Å². The Morgan fingerprint density at radius 3 is 1.28 bits per heavy atom. The summed E-state index contributed by atoms with van der Waals surface area (Å²) in [5, 5.41) is 0.336. The van der Waals surface area contributed by atoms with Crippen molar-refractivity contribution in [1.29, 1.82) is 0 Å². The Morgan fingerprint density at radius 1 is 0.511 bits per heavy atom. The molecule has 2 rings (SSSR count). The molecule has 2 N–H and O–H groups in total. The second kappa shape index (κ2) is 23.6. The van der Waals surface area contributed by atoms with Crippen LogP contribution in [0.5, 0.6) is 11.5 Å². The molecule has 47 heavy (non-hydrogen) atoms. The molecule has 9 nitrogen and oxygen atoms in total. The highest BCUT2D eigenvalue weighted by atomic mass is 31.2. The maximum absolute atomic E-state index is 13.2. The van der Waals surface area contributed by atoms with Gasteiger partial charge in [-0.15, -0.1) is 0 Å². The summed E-state index contributed by atoms with van der Waals surface area (Å²) in [5.74, 6) is 0.604. The normalized spacial score (nSPS) is 14.1. The quantitative estimate of drug-likeness (QED) is 0.0664. The number of benzene rings is 2. The lowest BCUT2D eigenvalue weighted by Gasteiger charge is -2.18. The average molecular weight is 699 g/mol. The van der Waals surface area contributed by atoms with E-state index in [0.717, 1.165) is 49.7 Å². The molecule has 0 aliphatic carbocycles. The zero-order valence-corrected chi connectivity index (χ0v) is 31.0. The Hall–Kier alpha value is -1.70. The molecule has 0 heterocycles. The first-order chi connectivity index (χ1) is 22.7. The predicted molar refractivity (Wildman–Crippen MR) is 191 cm³/mol. The molecule has 0 aliphatic rings. The number of aryl methyl sites for hydroxylation is 2. The molecule has 0 fully saturated rings. The largest absolute Gasteiger partial charge is 0.490 e. The van der Waals surface area contributed by atoms with Gasteiger partial charge in [0, 0.05) is 0 Å². The molecule has 2 aromatic rings. The number of hydrogen-bond donors (Lipinski definition) is 2. The highest BCUT2D eigenvalue weighted by Crippen LogP contribution is 2.45. The SMILES string of the molecule is CCCCCCCCOP(=O)(O)c1cc(CC)ccc1OCCOCCOc1ccc(CC)cc1P(=O)(O)OCCCCCCCC. The first-order valence-corrected chi connectivity index (χ1v) is 20.9. The van der Waals surface area contributed by atoms with Crippen molar-refractivity contribution in [2.45, 2.75) is 118 Å². The van der Waals surface area contributed by atoms with Crippen molar-refractivity contribution in [3.8, 4) is 11.5 Å². The minimum absolute atomic E-state index is 0.157. The molecule has 2 aromatic carbocycles. The summed E-state index contributed by atoms with van der Waals surface area (Å²) in [6, 6.07) is 10.5. The minimum atomic E-state index is -4.06. The van der Waals surface area contributed by atoms with Crippen molar-refractivity contribution in [3.05, 3.63) is 47.5 Å². The summed E-state index contributed by atoms with van der Waals surface area (Å²) in [5.41, 5.74) is 1.84. The summed E-state index contributed by atoms with van der Waals surface area (Å²) in [4.78, 5) is 21.6. The van der Waals surface area contributed by atoms with Gasteiger partial charge in [-0.1, -0.05) is 104 Å². The van der Waals surface area contributed by atoms with Crippen molar-refractivity contribution in [2.75, 3.05) is 39.6 Å². The monoisotopic (exact) mass is 698 g/mol. The lowest BCUT2D eigenvalue weighted by Crippen LogP contribution is -2.18. The Bertz CT molecular complexity index is 1140. The average Bonchev–Trinajstić information content (AvgIpc) is 3.07. The topological polar surface area (TPSA) is 121 Å². The van der Waals surface area contributed by atoms with Gasteiger partial charge in [-0.25, -0.2) is 0 Å². The molecular weight excluding hydrogens is 638 g/mol. The molecular formula is C36H60O9P2. The summed E-state index contributed by atoms with van der Waals surface area (Å²) >= 11 is 0. The first-order valence-electron chi connectivity index (χ1n) is 17.7. The van der Waals surface area contributed by atoms with Crippen molar-refractivity contribution < 1.29 is 42.2 Å². The fourth-order valence-corrected chi connectivity index (χ4v) is 7.58. The molecule has 0 aromatic heterocycles. The van der Waals surface area contributed by atoms with Crippen LogP contribution >= 0.6 is 15.2 Å². The second-order valence-corrected chi connectivity index (χ2v) is 15.4. The Kier molecular flexibility index (Phi) is 20.8. The highest BCUT2D eigenvalue weighted by molar-refractivity contribution is 7.61. The minimum Gasteiger partial charge on any atom is -0.490 e. The van der Waals surface area contributed by atoms with Gasteiger partial charge in [0.15, 0.2) is 0 Å². The molecule has 0 spiro atoms. The van der Waals surface area contributed by atoms with Crippen molar-refractivity contribution in [1.82, 2.24) is 0 Å². The maximum Gasteiger partial charge on any atom is 0.362 e. The fraction of sp³-hybridized carbons (Fsp3) is 0.667. The third-order valence-corrected chi connectivity index (χ3v) is 11.0. The van der Waals surface area contributed by atoms with Crippen LogP contribution in [0.4, 0.5) is 0 Å². The van der Waals surface area contributed by atoms with E-state index in [4.69, 9.17) is 23.3 Å². The smallest absolute Gasteiger partial charge is 0.362 e. The first kappa shape index (κ1) is 41.5. The Balaban J connectivity index is 1.84. The molecule has 268 valence electrons. The van der Waals surface area contributed by atoms with Crippen LogP contribution < -0.4 is 20.1 Å². The van der Waals surface area contributed by atoms with Crippen LogP contribution in [-0.2, 0) is 35.8 Å². The van der Waals surface area contributed by atoms with Crippen molar-refractivity contribution in [2.24, 2.45) is 0 Å². The van der Waals surface area contributed by atoms with E-state index in [-0.39, 0.29) is 50.3 Å². The van der Waals surface area contributed by atoms with E-state index < -0.39 is 15.2 Å². The zero-order valence-electron chi connectivity index (χ0n) is 29.3. The summed E-state index contributed by atoms with van der Waals surface area (Å²) < 4.78 is 54.7. The second-order valence-electron chi connectivity index (χ2n) is 11.9. The maximum atomic E-state index is 13.2. The van der Waals surface area contributed by atoms with Gasteiger partial charge in [0.1, 0.15) is 35.3 Å². The zero-order chi connectivity index (χ0) is 34.4. The Morgan fingerprint density at radius 2 is 0.894 bits per heavy atom. The predicted octanol–water partition coefficient (Wildman–Crippen LogP) is 8.66. The molecule has 0 amide bonds. The molecule has 0 aliphatic heterocycles. The van der Waals surface area contributed by atoms with Crippen LogP contribution in [0.1, 0.15) is 116 Å². The van der Waals surface area contributed by atoms with E-state index in [2.05, 4.69) is 13.8 Å². The van der Waals surface area contributed by atoms with Crippen LogP contribution in [0.2, 0.25) is 0 Å². The number of rotatable bonds is 28. The van der Waals surface area contributed by atoms with Gasteiger partial charge >= 0.3 is 15.2 Å². The van der Waals surface area contributed by atoms with E-state index in [0.29, 0.717) is 24.3 Å². The molecule has 0 saturated carbocycles. The van der Waals surface area contributed by atoms with E-state index >= 15 is 0 Å². The van der Waals surface area contributed by atoms with Gasteiger partial charge in [-0.3, -0.25) is 9.13 Å². The van der Waals surface area contributed by atoms with Gasteiger partial charge in [-0.05, 0) is 61.1 Å². The van der Waals surface area contributed by atoms with Gasteiger partial charge in [0.25, 0.3) is 0 Å². The molecule has 2 atom stereocenters. The van der Waals surface area contributed by atoms with Crippen LogP contribution in [-0.4, -0.2) is 49.4 Å². The van der Waals surface area contributed by atoms with Gasteiger partial charge in [0.2, 0.25) is 0 Å². The summed E-state index contributed by atoms with van der Waals surface area (Å²) in [6.07, 6.45) is 14.1. The van der Waals surface area contributed by atoms with Crippen LogP contribution in [0, 0.1) is 0 Å². The standard InChI is InChI=1S/C36H60O9P2/c1-5-9-11-13-15-17-23-44-46(37,38)35-29-31(7-3)19-21-33(35)42-27-25-41-26-28-43-34-22-20-32(8-4)30-36(34)47(39,40)45-24-18-16-14-12-10-6-2/h19-22,29-30H,5-18,23-28H2,1-4H3,(H,37,38)(H,39,40). The lowest BCUT2D eigenvalue weighted by atomic mass is 10.1. The number of hydrogen-bond acceptors (Lipinski definition) is 7. The van der Waals surface area contributed by atoms with Crippen molar-refractivity contribution in [3.63, 3.8) is 0 Å². The molecule has 0 bridgehead atoms. The van der Waals surface area contributed by atoms with E-state index in [1.165, 1.54) is 38.5 Å². The summed E-state index contributed by atoms with van der Waals surface area (Å²) in [6.45, 7) is 9.50. The fourth-order valence-electron chi connectivity index (χ4n) is 5.06.